The van der Waals surface area contributed by atoms with Gasteiger partial charge in [-0.15, -0.1) is 0 Å². The molecule has 0 amide bonds. The molecule has 4 unspecified atom stereocenters. The number of aliphatic hydroxyl groups excluding tert-OH is 1. The maximum atomic E-state index is 13.4. The summed E-state index contributed by atoms with van der Waals surface area (Å²) in [6.45, 7) is 10.4. The van der Waals surface area contributed by atoms with Gasteiger partial charge < -0.3 is 19.3 Å². The Morgan fingerprint density at radius 2 is 1.74 bits per heavy atom. The molecule has 6 saturated carbocycles. The fraction of sp³-hybridized carbons (Fsp3) is 0.645. The largest absolute Gasteiger partial charge is 0.459 e. The standard InChI is InChI=1S/C31H35NO7/c1-14-10-30-11-18-24-29(4)12-19(37-15(2)33)27(38-16(3)34)31(24)25(30)22(35)20(14)23(21(30)26(31)32(18)13-29)39-28(36)17-8-6-5-7-9-17/h5-9,18-27,35H,1,10-13H2,2-4H3/t18-,19+,20+,21+,22+,23?,24+,25+,26?,27+,29-,30?,31+/m0/s1. The van der Waals surface area contributed by atoms with Gasteiger partial charge in [-0.3, -0.25) is 14.5 Å². The molecule has 0 aromatic heterocycles. The van der Waals surface area contributed by atoms with Crippen molar-refractivity contribution in [3.05, 3.63) is 48.0 Å². The third-order valence-corrected chi connectivity index (χ3v) is 12.1. The van der Waals surface area contributed by atoms with Crippen LogP contribution in [0.1, 0.15) is 50.4 Å². The maximum absolute atomic E-state index is 13.4. The molecule has 3 aliphatic heterocycles. The lowest BCUT2D eigenvalue weighted by Crippen LogP contribution is -2.71. The van der Waals surface area contributed by atoms with E-state index in [1.54, 1.807) is 12.1 Å². The van der Waals surface area contributed by atoms with Gasteiger partial charge in [0.05, 0.1) is 11.7 Å². The van der Waals surface area contributed by atoms with Gasteiger partial charge in [-0.2, -0.15) is 0 Å². The van der Waals surface area contributed by atoms with Crippen LogP contribution in [0.2, 0.25) is 0 Å². The van der Waals surface area contributed by atoms with Crippen LogP contribution in [-0.4, -0.2) is 71.0 Å². The Morgan fingerprint density at radius 3 is 2.44 bits per heavy atom. The number of rotatable bonds is 4. The molecule has 14 atom stereocenters. The Labute approximate surface area is 227 Å². The third-order valence-electron chi connectivity index (χ3n) is 12.1. The molecule has 2 spiro atoms. The number of piperidine rings is 2. The average Bonchev–Trinajstić information content (AvgIpc) is 3.30. The van der Waals surface area contributed by atoms with E-state index in [0.29, 0.717) is 18.0 Å². The van der Waals surface area contributed by atoms with Gasteiger partial charge in [-0.05, 0) is 48.1 Å². The molecule has 3 saturated heterocycles. The highest BCUT2D eigenvalue weighted by atomic mass is 16.6. The van der Waals surface area contributed by atoms with Crippen LogP contribution in [-0.2, 0) is 23.8 Å². The van der Waals surface area contributed by atoms with E-state index in [0.717, 1.165) is 25.0 Å². The number of nitrogens with zero attached hydrogens (tertiary/aromatic N) is 1. The molecule has 9 aliphatic rings. The molecule has 1 N–H and O–H groups in total. The average molecular weight is 534 g/mol. The van der Waals surface area contributed by atoms with Crippen molar-refractivity contribution in [1.29, 1.82) is 0 Å². The molecule has 6 aliphatic carbocycles. The summed E-state index contributed by atoms with van der Waals surface area (Å²) >= 11 is 0. The lowest BCUT2D eigenvalue weighted by Gasteiger charge is -2.66. The van der Waals surface area contributed by atoms with Crippen molar-refractivity contribution in [3.63, 3.8) is 0 Å². The van der Waals surface area contributed by atoms with E-state index in [1.807, 2.05) is 18.2 Å². The first kappa shape index (κ1) is 24.1. The zero-order valence-corrected chi connectivity index (χ0v) is 22.5. The van der Waals surface area contributed by atoms with Crippen molar-refractivity contribution >= 4 is 17.9 Å². The summed E-state index contributed by atoms with van der Waals surface area (Å²) in [5.41, 5.74) is 0.399. The first-order chi connectivity index (χ1) is 18.5. The second kappa shape index (κ2) is 7.32. The number of fused-ring (bicyclic) bond motifs is 1. The predicted molar refractivity (Wildman–Crippen MR) is 137 cm³/mol. The molecular formula is C31H35NO7. The van der Waals surface area contributed by atoms with Crippen LogP contribution in [0, 0.1) is 39.9 Å². The number of carbonyl (C=O) groups is 3. The van der Waals surface area contributed by atoms with Crippen LogP contribution < -0.4 is 0 Å². The number of hydrogen-bond donors (Lipinski definition) is 1. The van der Waals surface area contributed by atoms with E-state index < -0.39 is 41.8 Å². The Bertz CT molecular complexity index is 1330. The van der Waals surface area contributed by atoms with Crippen molar-refractivity contribution in [3.8, 4) is 0 Å². The van der Waals surface area contributed by atoms with Crippen LogP contribution in [0.3, 0.4) is 0 Å². The fourth-order valence-electron chi connectivity index (χ4n) is 12.1. The van der Waals surface area contributed by atoms with Crippen molar-refractivity contribution in [2.75, 3.05) is 6.54 Å². The number of ether oxygens (including phenoxy) is 3. The van der Waals surface area contributed by atoms with E-state index in [1.165, 1.54) is 13.8 Å². The maximum Gasteiger partial charge on any atom is 0.338 e. The number of carbonyl (C=O) groups excluding carboxylic acids is 3. The molecule has 39 heavy (non-hydrogen) atoms. The highest BCUT2D eigenvalue weighted by molar-refractivity contribution is 5.89. The van der Waals surface area contributed by atoms with Gasteiger partial charge in [0.15, 0.2) is 0 Å². The lowest BCUT2D eigenvalue weighted by atomic mass is 9.39. The number of hydrogen-bond acceptors (Lipinski definition) is 8. The second-order valence-electron chi connectivity index (χ2n) is 13.7. The lowest BCUT2D eigenvalue weighted by molar-refractivity contribution is -0.253. The van der Waals surface area contributed by atoms with Crippen LogP contribution in [0.4, 0.5) is 0 Å². The van der Waals surface area contributed by atoms with Gasteiger partial charge in [0.1, 0.15) is 18.3 Å². The Morgan fingerprint density at radius 1 is 1.03 bits per heavy atom. The smallest absolute Gasteiger partial charge is 0.338 e. The van der Waals surface area contributed by atoms with E-state index in [2.05, 4.69) is 18.4 Å². The normalized spacial score (nSPS) is 52.6. The summed E-state index contributed by atoms with van der Waals surface area (Å²) < 4.78 is 18.5. The van der Waals surface area contributed by atoms with E-state index >= 15 is 0 Å². The monoisotopic (exact) mass is 533 g/mol. The van der Waals surface area contributed by atoms with Crippen LogP contribution >= 0.6 is 0 Å². The summed E-state index contributed by atoms with van der Waals surface area (Å²) in [4.78, 5) is 40.9. The molecule has 0 radical (unpaired) electrons. The van der Waals surface area contributed by atoms with Crippen molar-refractivity contribution in [2.24, 2.45) is 39.9 Å². The van der Waals surface area contributed by atoms with Gasteiger partial charge in [-0.1, -0.05) is 37.3 Å². The third kappa shape index (κ3) is 2.57. The number of benzene rings is 1. The van der Waals surface area contributed by atoms with E-state index in [4.69, 9.17) is 14.2 Å². The molecule has 9 fully saturated rings. The SMILES string of the molecule is C=C1CC23C[C@H]4[C@@H]5[C@@]6(C)C[C@@H](OC(C)=O)[C@@H](OC(C)=O)[C@]57C([C@H]2C(OC(=O)c2ccccc2)[C@H]1[C@@H](O)[C@H]37)N4C6. The predicted octanol–water partition coefficient (Wildman–Crippen LogP) is 2.74. The highest BCUT2D eigenvalue weighted by Crippen LogP contribution is 2.87. The van der Waals surface area contributed by atoms with Gasteiger partial charge in [0.2, 0.25) is 0 Å². The summed E-state index contributed by atoms with van der Waals surface area (Å²) in [6.07, 6.45) is -0.234. The number of aliphatic hydroxyl groups is 1. The first-order valence-electron chi connectivity index (χ1n) is 14.3. The van der Waals surface area contributed by atoms with Gasteiger partial charge in [0.25, 0.3) is 0 Å². The van der Waals surface area contributed by atoms with Crippen LogP contribution in [0.15, 0.2) is 42.5 Å². The summed E-state index contributed by atoms with van der Waals surface area (Å²) in [5, 5.41) is 12.3. The van der Waals surface area contributed by atoms with Crippen molar-refractivity contribution in [2.45, 2.75) is 76.5 Å². The molecule has 10 rings (SSSR count). The molecule has 8 heteroatoms. The number of esters is 3. The van der Waals surface area contributed by atoms with Gasteiger partial charge in [0, 0.05) is 55.6 Å². The van der Waals surface area contributed by atoms with Crippen molar-refractivity contribution in [1.82, 2.24) is 4.90 Å². The minimum atomic E-state index is -0.791. The zero-order valence-electron chi connectivity index (χ0n) is 22.5. The molecule has 8 nitrogen and oxygen atoms in total. The highest BCUT2D eigenvalue weighted by Gasteiger charge is 2.93. The van der Waals surface area contributed by atoms with E-state index in [9.17, 15) is 19.5 Å². The molecule has 206 valence electrons. The quantitative estimate of drug-likeness (QED) is 0.358. The second-order valence-corrected chi connectivity index (χ2v) is 13.7. The Hall–Kier alpha value is -2.71. The van der Waals surface area contributed by atoms with Gasteiger partial charge in [-0.25, -0.2) is 4.79 Å². The Kier molecular flexibility index (Phi) is 4.53. The zero-order chi connectivity index (χ0) is 27.2. The van der Waals surface area contributed by atoms with Crippen LogP contribution in [0.25, 0.3) is 0 Å². The first-order valence-corrected chi connectivity index (χ1v) is 14.3. The topological polar surface area (TPSA) is 102 Å². The van der Waals surface area contributed by atoms with Crippen LogP contribution in [0.5, 0.6) is 0 Å². The minimum absolute atomic E-state index is 0.0194. The molecule has 9 bridgehead atoms. The fourth-order valence-corrected chi connectivity index (χ4v) is 12.1. The molecule has 1 aromatic rings. The summed E-state index contributed by atoms with van der Waals surface area (Å²) in [6, 6.07) is 9.25. The molecule has 1 aromatic carbocycles. The minimum Gasteiger partial charge on any atom is -0.459 e. The van der Waals surface area contributed by atoms with Crippen molar-refractivity contribution < 1.29 is 33.7 Å². The molecule has 3 heterocycles. The Balaban J connectivity index is 1.31. The van der Waals surface area contributed by atoms with E-state index in [-0.39, 0.29) is 46.5 Å². The van der Waals surface area contributed by atoms with Gasteiger partial charge >= 0.3 is 17.9 Å². The summed E-state index contributed by atoms with van der Waals surface area (Å²) in [5.74, 6) is -1.56. The summed E-state index contributed by atoms with van der Waals surface area (Å²) in [7, 11) is 0. The molecular weight excluding hydrogens is 498 g/mol.